The van der Waals surface area contributed by atoms with Gasteiger partial charge < -0.3 is 5.32 Å². The molecule has 0 saturated carbocycles. The maximum atomic E-state index is 12.8. The number of carbonyl (C=O) groups excluding carboxylic acids is 1. The Morgan fingerprint density at radius 2 is 1.62 bits per heavy atom. The first-order chi connectivity index (χ1) is 12.5. The highest BCUT2D eigenvalue weighted by Gasteiger charge is 2.21. The van der Waals surface area contributed by atoms with Crippen molar-refractivity contribution in [2.45, 2.75) is 24.0 Å². The standard InChI is InChI=1S/C20H21N3O2S/c1-14-18(20(25)23(22(14)3)16-10-6-4-7-11-16)21-19(24)15(2)26-17-12-8-5-9-13-17/h4-13,15H,1-3H3,(H,21,24)/t15-/m1/s1. The predicted octanol–water partition coefficient (Wildman–Crippen LogP) is 3.60. The number of anilines is 1. The molecule has 0 radical (unpaired) electrons. The Morgan fingerprint density at radius 1 is 1.04 bits per heavy atom. The van der Waals surface area contributed by atoms with E-state index in [0.717, 1.165) is 10.6 Å². The molecule has 5 nitrogen and oxygen atoms in total. The second-order valence-electron chi connectivity index (χ2n) is 6.00. The molecule has 1 amide bonds. The summed E-state index contributed by atoms with van der Waals surface area (Å²) in [5.41, 5.74) is 1.56. The van der Waals surface area contributed by atoms with Crippen molar-refractivity contribution in [1.82, 2.24) is 9.36 Å². The number of hydrogen-bond acceptors (Lipinski definition) is 3. The Hall–Kier alpha value is -2.73. The number of para-hydroxylation sites is 1. The average molecular weight is 367 g/mol. The van der Waals surface area contributed by atoms with Crippen molar-refractivity contribution in [3.8, 4) is 5.69 Å². The Morgan fingerprint density at radius 3 is 2.23 bits per heavy atom. The minimum atomic E-state index is -0.318. The third-order valence-corrected chi connectivity index (χ3v) is 5.34. The van der Waals surface area contributed by atoms with E-state index < -0.39 is 0 Å². The van der Waals surface area contributed by atoms with E-state index in [0.29, 0.717) is 11.4 Å². The van der Waals surface area contributed by atoms with Crippen LogP contribution in [0.5, 0.6) is 0 Å². The van der Waals surface area contributed by atoms with Gasteiger partial charge in [-0.25, -0.2) is 4.68 Å². The molecular formula is C20H21N3O2S. The quantitative estimate of drug-likeness (QED) is 0.701. The molecular weight excluding hydrogens is 346 g/mol. The largest absolute Gasteiger partial charge is 0.319 e. The molecule has 0 fully saturated rings. The van der Waals surface area contributed by atoms with Crippen molar-refractivity contribution in [3.63, 3.8) is 0 Å². The van der Waals surface area contributed by atoms with Gasteiger partial charge in [0.05, 0.1) is 16.6 Å². The van der Waals surface area contributed by atoms with Crippen molar-refractivity contribution in [3.05, 3.63) is 76.7 Å². The molecule has 6 heteroatoms. The fraction of sp³-hybridized carbons (Fsp3) is 0.200. The lowest BCUT2D eigenvalue weighted by molar-refractivity contribution is -0.115. The van der Waals surface area contributed by atoms with Crippen molar-refractivity contribution in [2.75, 3.05) is 5.32 Å². The molecule has 26 heavy (non-hydrogen) atoms. The minimum absolute atomic E-state index is 0.190. The summed E-state index contributed by atoms with van der Waals surface area (Å²) in [7, 11) is 1.81. The Bertz CT molecular complexity index is 962. The van der Waals surface area contributed by atoms with Crippen molar-refractivity contribution < 1.29 is 4.79 Å². The van der Waals surface area contributed by atoms with E-state index in [-0.39, 0.29) is 16.7 Å². The third-order valence-electron chi connectivity index (χ3n) is 4.23. The first-order valence-corrected chi connectivity index (χ1v) is 9.23. The number of amides is 1. The number of nitrogens with zero attached hydrogens (tertiary/aromatic N) is 2. The van der Waals surface area contributed by atoms with Crippen LogP contribution in [0.25, 0.3) is 5.69 Å². The van der Waals surface area contributed by atoms with Crippen molar-refractivity contribution in [2.24, 2.45) is 7.05 Å². The molecule has 0 bridgehead atoms. The molecule has 1 aromatic heterocycles. The smallest absolute Gasteiger partial charge is 0.295 e. The lowest BCUT2D eigenvalue weighted by atomic mass is 10.3. The number of nitrogens with one attached hydrogen (secondary N) is 1. The highest BCUT2D eigenvalue weighted by molar-refractivity contribution is 8.00. The molecule has 0 spiro atoms. The lowest BCUT2D eigenvalue weighted by Gasteiger charge is -2.11. The molecule has 0 aliphatic carbocycles. The van der Waals surface area contributed by atoms with E-state index in [1.165, 1.54) is 11.8 Å². The zero-order valence-corrected chi connectivity index (χ0v) is 15.8. The van der Waals surface area contributed by atoms with Gasteiger partial charge in [-0.2, -0.15) is 0 Å². The Balaban J connectivity index is 1.84. The van der Waals surface area contributed by atoms with E-state index in [4.69, 9.17) is 0 Å². The first-order valence-electron chi connectivity index (χ1n) is 8.35. The maximum Gasteiger partial charge on any atom is 0.295 e. The molecule has 1 atom stereocenters. The number of thioether (sulfide) groups is 1. The summed E-state index contributed by atoms with van der Waals surface area (Å²) in [6.45, 7) is 3.66. The van der Waals surface area contributed by atoms with Crippen LogP contribution in [-0.4, -0.2) is 20.5 Å². The molecule has 134 valence electrons. The van der Waals surface area contributed by atoms with Gasteiger partial charge in [-0.05, 0) is 38.1 Å². The van der Waals surface area contributed by atoms with E-state index in [1.54, 1.807) is 9.36 Å². The normalized spacial score (nSPS) is 12.0. The van der Waals surface area contributed by atoms with Gasteiger partial charge >= 0.3 is 0 Å². The average Bonchev–Trinajstić information content (AvgIpc) is 2.86. The van der Waals surface area contributed by atoms with E-state index in [2.05, 4.69) is 5.32 Å². The molecule has 3 aromatic rings. The zero-order valence-electron chi connectivity index (χ0n) is 15.0. The van der Waals surface area contributed by atoms with Crippen LogP contribution in [0.4, 0.5) is 5.69 Å². The summed E-state index contributed by atoms with van der Waals surface area (Å²) >= 11 is 1.46. The van der Waals surface area contributed by atoms with Gasteiger partial charge in [0.15, 0.2) is 0 Å². The SMILES string of the molecule is Cc1c(NC(=O)[C@@H](C)Sc2ccccc2)c(=O)n(-c2ccccc2)n1C. The highest BCUT2D eigenvalue weighted by atomic mass is 32.2. The molecule has 2 aromatic carbocycles. The molecule has 0 aliphatic heterocycles. The highest BCUT2D eigenvalue weighted by Crippen LogP contribution is 2.24. The van der Waals surface area contributed by atoms with Gasteiger partial charge in [-0.1, -0.05) is 36.4 Å². The molecule has 1 heterocycles. The van der Waals surface area contributed by atoms with Gasteiger partial charge in [0.25, 0.3) is 5.56 Å². The zero-order chi connectivity index (χ0) is 18.7. The van der Waals surface area contributed by atoms with E-state index in [1.807, 2.05) is 81.6 Å². The van der Waals surface area contributed by atoms with Crippen LogP contribution < -0.4 is 10.9 Å². The number of aromatic nitrogens is 2. The van der Waals surface area contributed by atoms with E-state index >= 15 is 0 Å². The molecule has 0 aliphatic rings. The van der Waals surface area contributed by atoms with Crippen LogP contribution in [0.15, 0.2) is 70.4 Å². The summed E-state index contributed by atoms with van der Waals surface area (Å²) in [5.74, 6) is -0.190. The fourth-order valence-corrected chi connectivity index (χ4v) is 3.58. The van der Waals surface area contributed by atoms with Crippen molar-refractivity contribution in [1.29, 1.82) is 0 Å². The van der Waals surface area contributed by atoms with Crippen LogP contribution >= 0.6 is 11.8 Å². The number of benzene rings is 2. The fourth-order valence-electron chi connectivity index (χ4n) is 2.69. The molecule has 1 N–H and O–H groups in total. The Kier molecular flexibility index (Phi) is 5.32. The Labute approximate surface area is 156 Å². The summed E-state index contributed by atoms with van der Waals surface area (Å²) in [6, 6.07) is 19.1. The van der Waals surface area contributed by atoms with Crippen LogP contribution in [0, 0.1) is 6.92 Å². The minimum Gasteiger partial charge on any atom is -0.319 e. The van der Waals surface area contributed by atoms with Gasteiger partial charge in [0, 0.05) is 11.9 Å². The number of carbonyl (C=O) groups is 1. The van der Waals surface area contributed by atoms with Gasteiger partial charge in [-0.3, -0.25) is 14.3 Å². The predicted molar refractivity (Wildman–Crippen MR) is 106 cm³/mol. The summed E-state index contributed by atoms with van der Waals surface area (Å²) in [6.07, 6.45) is 0. The third kappa shape index (κ3) is 3.60. The topological polar surface area (TPSA) is 56.0 Å². The molecule has 0 unspecified atom stereocenters. The van der Waals surface area contributed by atoms with Gasteiger partial charge in [0.2, 0.25) is 5.91 Å². The van der Waals surface area contributed by atoms with Crippen LogP contribution in [0.1, 0.15) is 12.6 Å². The monoisotopic (exact) mass is 367 g/mol. The van der Waals surface area contributed by atoms with Crippen LogP contribution in [-0.2, 0) is 11.8 Å². The second kappa shape index (κ2) is 7.66. The first kappa shape index (κ1) is 18.1. The number of rotatable bonds is 5. The van der Waals surface area contributed by atoms with E-state index in [9.17, 15) is 9.59 Å². The maximum absolute atomic E-state index is 12.8. The number of hydrogen-bond donors (Lipinski definition) is 1. The van der Waals surface area contributed by atoms with Gasteiger partial charge in [-0.15, -0.1) is 11.8 Å². The van der Waals surface area contributed by atoms with Crippen molar-refractivity contribution >= 4 is 23.4 Å². The molecule has 0 saturated heterocycles. The lowest BCUT2D eigenvalue weighted by Crippen LogP contribution is -2.27. The van der Waals surface area contributed by atoms with Crippen LogP contribution in [0.3, 0.4) is 0 Å². The second-order valence-corrected chi connectivity index (χ2v) is 7.41. The summed E-state index contributed by atoms with van der Waals surface area (Å²) < 4.78 is 3.31. The summed E-state index contributed by atoms with van der Waals surface area (Å²) in [4.78, 5) is 26.5. The summed E-state index contributed by atoms with van der Waals surface area (Å²) in [5, 5.41) is 2.50. The van der Waals surface area contributed by atoms with Crippen LogP contribution in [0.2, 0.25) is 0 Å². The van der Waals surface area contributed by atoms with Gasteiger partial charge in [0.1, 0.15) is 5.69 Å². The molecule has 3 rings (SSSR count).